The summed E-state index contributed by atoms with van der Waals surface area (Å²) < 4.78 is 4.97. The summed E-state index contributed by atoms with van der Waals surface area (Å²) in [6, 6.07) is 31.1. The summed E-state index contributed by atoms with van der Waals surface area (Å²) in [5, 5.41) is 23.5. The number of nitrogens with zero attached hydrogens (tertiary/aromatic N) is 3. The highest BCUT2D eigenvalue weighted by molar-refractivity contribution is 7.26. The van der Waals surface area contributed by atoms with Crippen LogP contribution in [0.1, 0.15) is 60.2 Å². The number of hydrogen-bond acceptors (Lipinski definition) is 3. The van der Waals surface area contributed by atoms with Crippen molar-refractivity contribution in [2.24, 2.45) is 5.92 Å². The topological polar surface area (TPSA) is 52.5 Å². The van der Waals surface area contributed by atoms with Gasteiger partial charge >= 0.3 is 0 Å². The van der Waals surface area contributed by atoms with E-state index in [9.17, 15) is 10.5 Å². The number of benzene rings is 4. The first-order chi connectivity index (χ1) is 22.0. The Balaban J connectivity index is 1.31. The Morgan fingerprint density at radius 2 is 1.71 bits per heavy atom. The van der Waals surface area contributed by atoms with Crippen molar-refractivity contribution in [3.63, 3.8) is 0 Å². The summed E-state index contributed by atoms with van der Waals surface area (Å²) in [5.74, 6) is -0.191. The van der Waals surface area contributed by atoms with Gasteiger partial charge in [0.25, 0.3) is 0 Å². The summed E-state index contributed by atoms with van der Waals surface area (Å²) in [4.78, 5) is 0. The van der Waals surface area contributed by atoms with Gasteiger partial charge in [0.2, 0.25) is 0 Å². The molecule has 6 aromatic rings. The Kier molecular flexibility index (Phi) is 5.50. The number of thiophene rings is 1. The normalized spacial score (nSPS) is 17.8. The molecule has 4 heteroatoms. The maximum atomic E-state index is 10.1. The van der Waals surface area contributed by atoms with Gasteiger partial charge in [0, 0.05) is 59.1 Å². The van der Waals surface area contributed by atoms with Crippen LogP contribution in [0.15, 0.2) is 91.0 Å². The molecular weight excluding hydrogens is 567 g/mol. The molecule has 0 saturated carbocycles. The van der Waals surface area contributed by atoms with Crippen molar-refractivity contribution in [2.75, 3.05) is 0 Å². The molecule has 9 rings (SSSR count). The van der Waals surface area contributed by atoms with Gasteiger partial charge in [-0.25, -0.2) is 0 Å². The van der Waals surface area contributed by atoms with Gasteiger partial charge in [0.1, 0.15) is 0 Å². The molecule has 1 atom stereocenters. The van der Waals surface area contributed by atoms with Crippen molar-refractivity contribution in [2.45, 2.75) is 38.5 Å². The second kappa shape index (κ2) is 9.42. The van der Waals surface area contributed by atoms with Crippen LogP contribution in [0.5, 0.6) is 0 Å². The zero-order valence-electron chi connectivity index (χ0n) is 25.2. The second-order valence-electron chi connectivity index (χ2n) is 12.9. The number of allylic oxidation sites excluding steroid dienone is 5. The molecule has 0 radical (unpaired) electrons. The minimum atomic E-state index is -0.191. The van der Waals surface area contributed by atoms with Gasteiger partial charge in [-0.3, -0.25) is 0 Å². The molecule has 0 aliphatic heterocycles. The Bertz CT molecular complexity index is 2460. The summed E-state index contributed by atoms with van der Waals surface area (Å²) >= 11 is 1.89. The summed E-state index contributed by atoms with van der Waals surface area (Å²) in [6.07, 6.45) is 11.5. The van der Waals surface area contributed by atoms with Crippen molar-refractivity contribution in [1.29, 1.82) is 10.5 Å². The summed E-state index contributed by atoms with van der Waals surface area (Å²) in [5.41, 5.74) is 13.1. The minimum Gasteiger partial charge on any atom is -0.309 e. The average molecular weight is 596 g/mol. The minimum absolute atomic E-state index is 0.0472. The largest absolute Gasteiger partial charge is 0.309 e. The average Bonchev–Trinajstić information content (AvgIpc) is 3.70. The predicted molar refractivity (Wildman–Crippen MR) is 187 cm³/mol. The Morgan fingerprint density at radius 1 is 0.867 bits per heavy atom. The van der Waals surface area contributed by atoms with E-state index in [0.29, 0.717) is 12.0 Å². The number of nitriles is 2. The maximum Gasteiger partial charge on any atom is 0.0991 e. The van der Waals surface area contributed by atoms with Gasteiger partial charge in [-0.05, 0) is 65.8 Å². The molecule has 0 bridgehead atoms. The van der Waals surface area contributed by atoms with Crippen LogP contribution in [0, 0.1) is 28.6 Å². The standard InChI is InChI=1S/C41H29N3S/c1-41(2)33-12-5-3-9-30(33)38-34(41)17-16-29-27-10-7-11-28(39(27)45-40(29)38)32-21-25(23-43)15-19-37(32)44-35-13-6-4-8-26(35)31-20-24(22-42)14-18-36(31)44/h3,5-7,9-14,16-21,25H,4,8,15H2,1-2H3. The molecule has 214 valence electrons. The molecule has 0 fully saturated rings. The van der Waals surface area contributed by atoms with E-state index in [2.05, 4.69) is 116 Å². The van der Waals surface area contributed by atoms with E-state index >= 15 is 0 Å². The number of hydrogen-bond donors (Lipinski definition) is 0. The fraction of sp³-hybridized carbons (Fsp3) is 0.171. The van der Waals surface area contributed by atoms with Crippen molar-refractivity contribution in [3.8, 4) is 23.3 Å². The van der Waals surface area contributed by atoms with E-state index in [-0.39, 0.29) is 11.3 Å². The Labute approximate surface area is 266 Å². The molecule has 0 N–H and O–H groups in total. The van der Waals surface area contributed by atoms with Crippen LogP contribution >= 0.6 is 11.3 Å². The molecule has 1 unspecified atom stereocenters. The lowest BCUT2D eigenvalue weighted by Gasteiger charge is -2.23. The van der Waals surface area contributed by atoms with E-state index in [4.69, 9.17) is 0 Å². The molecule has 4 aromatic carbocycles. The van der Waals surface area contributed by atoms with Crippen LogP contribution in [0.2, 0.25) is 0 Å². The highest BCUT2D eigenvalue weighted by atomic mass is 32.1. The van der Waals surface area contributed by atoms with Gasteiger partial charge in [-0.1, -0.05) is 86.7 Å². The number of aryl methyl sites for hydroxylation is 1. The van der Waals surface area contributed by atoms with Gasteiger partial charge in [0.15, 0.2) is 0 Å². The first-order valence-electron chi connectivity index (χ1n) is 15.6. The summed E-state index contributed by atoms with van der Waals surface area (Å²) in [7, 11) is 0. The maximum absolute atomic E-state index is 10.1. The Hall–Kier alpha value is -5.16. The molecular formula is C41H29N3S. The lowest BCUT2D eigenvalue weighted by molar-refractivity contribution is 0.661. The van der Waals surface area contributed by atoms with Crippen LogP contribution in [0.3, 0.4) is 0 Å². The van der Waals surface area contributed by atoms with E-state index in [1.807, 2.05) is 23.5 Å². The van der Waals surface area contributed by atoms with Crippen LogP contribution < -0.4 is 0 Å². The molecule has 3 aliphatic rings. The molecule has 45 heavy (non-hydrogen) atoms. The zero-order valence-corrected chi connectivity index (χ0v) is 26.0. The third kappa shape index (κ3) is 3.55. The van der Waals surface area contributed by atoms with Crippen molar-refractivity contribution in [1.82, 2.24) is 4.57 Å². The molecule has 3 nitrogen and oxygen atoms in total. The molecule has 2 heterocycles. The van der Waals surface area contributed by atoms with Crippen molar-refractivity contribution in [3.05, 3.63) is 125 Å². The zero-order chi connectivity index (χ0) is 30.4. The number of fused-ring (bicyclic) bond motifs is 10. The van der Waals surface area contributed by atoms with Crippen LogP contribution in [0.25, 0.3) is 59.5 Å². The van der Waals surface area contributed by atoms with Gasteiger partial charge in [-0.2, -0.15) is 10.5 Å². The van der Waals surface area contributed by atoms with Crippen molar-refractivity contribution < 1.29 is 0 Å². The van der Waals surface area contributed by atoms with E-state index < -0.39 is 0 Å². The van der Waals surface area contributed by atoms with E-state index in [1.54, 1.807) is 0 Å². The third-order valence-electron chi connectivity index (χ3n) is 10.2. The lowest BCUT2D eigenvalue weighted by Crippen LogP contribution is -2.14. The van der Waals surface area contributed by atoms with E-state index in [0.717, 1.165) is 35.0 Å². The second-order valence-corrected chi connectivity index (χ2v) is 14.0. The third-order valence-corrected chi connectivity index (χ3v) is 11.5. The van der Waals surface area contributed by atoms with Crippen LogP contribution in [-0.4, -0.2) is 4.57 Å². The van der Waals surface area contributed by atoms with Gasteiger partial charge in [0.05, 0.1) is 29.1 Å². The SMILES string of the molecule is CC1(C)c2ccccc2-c2c1ccc1c2sc2c(C3=CC(C#N)CC=C3n3c4c(c5cc(C#N)ccc53)CCC=C4)cccc21. The fourth-order valence-electron chi connectivity index (χ4n) is 8.05. The fourth-order valence-corrected chi connectivity index (χ4v) is 9.44. The molecule has 0 saturated heterocycles. The first-order valence-corrected chi connectivity index (χ1v) is 16.5. The van der Waals surface area contributed by atoms with Crippen molar-refractivity contribution >= 4 is 59.8 Å². The summed E-state index contributed by atoms with van der Waals surface area (Å²) in [6.45, 7) is 4.68. The highest BCUT2D eigenvalue weighted by Gasteiger charge is 2.37. The molecule has 3 aliphatic carbocycles. The van der Waals surface area contributed by atoms with E-state index in [1.165, 1.54) is 59.2 Å². The molecule has 0 amide bonds. The van der Waals surface area contributed by atoms with Crippen LogP contribution in [0.4, 0.5) is 0 Å². The first kappa shape index (κ1) is 26.3. The van der Waals surface area contributed by atoms with Gasteiger partial charge in [-0.15, -0.1) is 11.3 Å². The Morgan fingerprint density at radius 3 is 2.58 bits per heavy atom. The molecule has 2 aromatic heterocycles. The monoisotopic (exact) mass is 595 g/mol. The van der Waals surface area contributed by atoms with Crippen LogP contribution in [-0.2, 0) is 11.8 Å². The lowest BCUT2D eigenvalue weighted by atomic mass is 9.82. The smallest absolute Gasteiger partial charge is 0.0991 e. The predicted octanol–water partition coefficient (Wildman–Crippen LogP) is 10.6. The molecule has 0 spiro atoms. The number of rotatable bonds is 2. The number of aromatic nitrogens is 1. The quantitative estimate of drug-likeness (QED) is 0.200. The highest BCUT2D eigenvalue weighted by Crippen LogP contribution is 2.54. The van der Waals surface area contributed by atoms with Gasteiger partial charge < -0.3 is 4.57 Å².